The van der Waals surface area contributed by atoms with Gasteiger partial charge in [-0.05, 0) is 42.0 Å². The molecule has 4 rings (SSSR count). The molecule has 1 saturated heterocycles. The lowest BCUT2D eigenvalue weighted by molar-refractivity contribution is -0.0241. The molecule has 1 aromatic heterocycles. The predicted molar refractivity (Wildman–Crippen MR) is 126 cm³/mol. The molecule has 0 amide bonds. The summed E-state index contributed by atoms with van der Waals surface area (Å²) >= 11 is 5.62. The van der Waals surface area contributed by atoms with Crippen LogP contribution in [-0.2, 0) is 18.3 Å². The minimum absolute atomic E-state index is 0.0553. The van der Waals surface area contributed by atoms with Crippen LogP contribution < -0.4 is 10.8 Å². The van der Waals surface area contributed by atoms with Crippen LogP contribution >= 0.6 is 12.2 Å². The Morgan fingerprint density at radius 3 is 2.64 bits per heavy atom. The maximum atomic E-state index is 13.2. The number of nitriles is 1. The van der Waals surface area contributed by atoms with Crippen LogP contribution in [0.25, 0.3) is 5.69 Å². The zero-order valence-corrected chi connectivity index (χ0v) is 19.1. The highest BCUT2D eigenvalue weighted by molar-refractivity contribution is 7.71. The fourth-order valence-electron chi connectivity index (χ4n) is 3.93. The average molecular weight is 465 g/mol. The van der Waals surface area contributed by atoms with E-state index in [-0.39, 0.29) is 23.0 Å². The Morgan fingerprint density at radius 1 is 1.21 bits per heavy atom. The molecule has 1 aliphatic rings. The number of nitrogens with one attached hydrogen (secondary N) is 2. The summed E-state index contributed by atoms with van der Waals surface area (Å²) < 4.78 is 22.9. The van der Waals surface area contributed by atoms with E-state index in [0.717, 1.165) is 17.8 Å². The Morgan fingerprint density at radius 2 is 1.94 bits per heavy atom. The van der Waals surface area contributed by atoms with E-state index in [1.54, 1.807) is 23.7 Å². The molecule has 170 valence electrons. The molecule has 2 aromatic carbocycles. The Kier molecular flexibility index (Phi) is 6.99. The Labute approximate surface area is 196 Å². The van der Waals surface area contributed by atoms with Crippen LogP contribution in [0.5, 0.6) is 0 Å². The van der Waals surface area contributed by atoms with Crippen LogP contribution in [0.3, 0.4) is 0 Å². The highest BCUT2D eigenvalue weighted by Gasteiger charge is 2.22. The largest absolute Gasteiger partial charge is 0.374 e. The maximum Gasteiger partial charge on any atom is 0.187 e. The van der Waals surface area contributed by atoms with Crippen LogP contribution in [0.15, 0.2) is 54.6 Å². The van der Waals surface area contributed by atoms with E-state index in [1.807, 2.05) is 30.3 Å². The Hall–Kier alpha value is -3.32. The van der Waals surface area contributed by atoms with Gasteiger partial charge in [0.15, 0.2) is 4.77 Å². The van der Waals surface area contributed by atoms with Crippen LogP contribution in [-0.4, -0.2) is 46.4 Å². The Bertz CT molecular complexity index is 1280. The lowest BCUT2D eigenvalue weighted by Gasteiger charge is -2.33. The van der Waals surface area contributed by atoms with Crippen molar-refractivity contribution in [2.75, 3.05) is 31.6 Å². The second kappa shape index (κ2) is 10.1. The van der Waals surface area contributed by atoms with Gasteiger partial charge < -0.3 is 14.6 Å². The third-order valence-corrected chi connectivity index (χ3v) is 6.13. The van der Waals surface area contributed by atoms with Gasteiger partial charge in [-0.2, -0.15) is 5.26 Å². The van der Waals surface area contributed by atoms with E-state index in [1.165, 1.54) is 16.7 Å². The topological polar surface area (TPSA) is 82.0 Å². The van der Waals surface area contributed by atoms with Gasteiger partial charge in [0.25, 0.3) is 0 Å². The summed E-state index contributed by atoms with van der Waals surface area (Å²) in [5.41, 5.74) is 2.12. The van der Waals surface area contributed by atoms with E-state index >= 15 is 0 Å². The highest BCUT2D eigenvalue weighted by Crippen LogP contribution is 2.20. The minimum Gasteiger partial charge on any atom is -0.374 e. The number of nitrogens with zero attached hydrogens (tertiary/aromatic N) is 4. The van der Waals surface area contributed by atoms with Crippen molar-refractivity contribution < 1.29 is 9.13 Å². The molecule has 33 heavy (non-hydrogen) atoms. The summed E-state index contributed by atoms with van der Waals surface area (Å²) in [6.45, 7) is 3.21. The van der Waals surface area contributed by atoms with E-state index < -0.39 is 0 Å². The SMILES string of the molecule is Cn1c(=N)c(C#N)c(NCC2CN(Cc3ccc(F)cc3)CCO2)n(-c2ccccc2)c1=S. The van der Waals surface area contributed by atoms with Gasteiger partial charge >= 0.3 is 0 Å². The standard InChI is InChI=1S/C24H25FN6OS/c1-29-22(27)21(13-26)23(31(24(29)33)19-5-3-2-4-6-19)28-14-20-16-30(11-12-32-20)15-17-7-9-18(25)10-8-17/h2-10,20,27-28H,11-12,14-16H2,1H3. The van der Waals surface area contributed by atoms with Crippen molar-refractivity contribution in [3.8, 4) is 11.8 Å². The van der Waals surface area contributed by atoms with Crippen molar-refractivity contribution in [3.05, 3.63) is 81.8 Å². The number of hydrogen-bond acceptors (Lipinski definition) is 6. The number of aromatic nitrogens is 2. The first-order valence-electron chi connectivity index (χ1n) is 10.7. The van der Waals surface area contributed by atoms with Gasteiger partial charge in [0.1, 0.15) is 28.8 Å². The lowest BCUT2D eigenvalue weighted by atomic mass is 10.2. The summed E-state index contributed by atoms with van der Waals surface area (Å²) in [6, 6.07) is 18.2. The van der Waals surface area contributed by atoms with Crippen molar-refractivity contribution >= 4 is 18.0 Å². The molecule has 0 bridgehead atoms. The van der Waals surface area contributed by atoms with Crippen molar-refractivity contribution in [2.45, 2.75) is 12.6 Å². The van der Waals surface area contributed by atoms with Crippen LogP contribution in [0.1, 0.15) is 11.1 Å². The van der Waals surface area contributed by atoms with Gasteiger partial charge in [0, 0.05) is 38.9 Å². The van der Waals surface area contributed by atoms with Gasteiger partial charge in [0.2, 0.25) is 0 Å². The number of anilines is 1. The quantitative estimate of drug-likeness (QED) is 0.547. The lowest BCUT2D eigenvalue weighted by Crippen LogP contribution is -2.45. The monoisotopic (exact) mass is 464 g/mol. The minimum atomic E-state index is -0.242. The summed E-state index contributed by atoms with van der Waals surface area (Å²) in [7, 11) is 1.69. The molecular weight excluding hydrogens is 439 g/mol. The third kappa shape index (κ3) is 5.03. The number of rotatable bonds is 6. The first kappa shape index (κ1) is 22.9. The second-order valence-electron chi connectivity index (χ2n) is 7.93. The van der Waals surface area contributed by atoms with Gasteiger partial charge in [-0.3, -0.25) is 14.9 Å². The molecule has 9 heteroatoms. The fourth-order valence-corrected chi connectivity index (χ4v) is 4.22. The molecule has 3 aromatic rings. The van der Waals surface area contributed by atoms with Gasteiger partial charge in [-0.15, -0.1) is 0 Å². The van der Waals surface area contributed by atoms with Crippen molar-refractivity contribution in [1.82, 2.24) is 14.0 Å². The molecule has 2 heterocycles. The smallest absolute Gasteiger partial charge is 0.187 e. The molecule has 1 fully saturated rings. The van der Waals surface area contributed by atoms with Gasteiger partial charge in [0.05, 0.1) is 12.7 Å². The zero-order valence-electron chi connectivity index (χ0n) is 18.3. The number of benzene rings is 2. The third-order valence-electron chi connectivity index (χ3n) is 5.68. The molecule has 1 atom stereocenters. The van der Waals surface area contributed by atoms with Crippen molar-refractivity contribution in [2.24, 2.45) is 7.05 Å². The number of hydrogen-bond donors (Lipinski definition) is 2. The predicted octanol–water partition coefficient (Wildman–Crippen LogP) is 3.35. The molecule has 0 spiro atoms. The molecule has 7 nitrogen and oxygen atoms in total. The van der Waals surface area contributed by atoms with E-state index in [4.69, 9.17) is 22.4 Å². The zero-order chi connectivity index (χ0) is 23.4. The number of ether oxygens (including phenoxy) is 1. The second-order valence-corrected chi connectivity index (χ2v) is 8.30. The normalized spacial score (nSPS) is 16.3. The van der Waals surface area contributed by atoms with E-state index in [2.05, 4.69) is 16.3 Å². The Balaban J connectivity index is 1.56. The number of halogens is 1. The van der Waals surface area contributed by atoms with Crippen LogP contribution in [0.2, 0.25) is 0 Å². The first-order chi connectivity index (χ1) is 16.0. The van der Waals surface area contributed by atoms with Crippen LogP contribution in [0.4, 0.5) is 10.2 Å². The van der Waals surface area contributed by atoms with E-state index in [9.17, 15) is 9.65 Å². The molecule has 0 radical (unpaired) electrons. The average Bonchev–Trinajstić information content (AvgIpc) is 2.83. The molecule has 0 saturated carbocycles. The van der Waals surface area contributed by atoms with Crippen molar-refractivity contribution in [3.63, 3.8) is 0 Å². The molecule has 2 N–H and O–H groups in total. The highest BCUT2D eigenvalue weighted by atomic mass is 32.1. The summed E-state index contributed by atoms with van der Waals surface area (Å²) in [5.74, 6) is 0.241. The van der Waals surface area contributed by atoms with E-state index in [0.29, 0.717) is 36.8 Å². The summed E-state index contributed by atoms with van der Waals surface area (Å²) in [6.07, 6.45) is -0.119. The fraction of sp³-hybridized carbons (Fsp3) is 0.292. The molecule has 0 aliphatic carbocycles. The van der Waals surface area contributed by atoms with Crippen LogP contribution in [0, 0.1) is 27.3 Å². The number of morpholine rings is 1. The maximum absolute atomic E-state index is 13.2. The molecule has 1 aliphatic heterocycles. The summed E-state index contributed by atoms with van der Waals surface area (Å²) in [4.78, 5) is 2.26. The molecule has 1 unspecified atom stereocenters. The number of para-hydroxylation sites is 1. The molecular formula is C24H25FN6OS. The van der Waals surface area contributed by atoms with Crippen molar-refractivity contribution in [1.29, 1.82) is 10.7 Å². The van der Waals surface area contributed by atoms with Gasteiger partial charge in [-0.1, -0.05) is 30.3 Å². The summed E-state index contributed by atoms with van der Waals surface area (Å²) in [5, 5.41) is 21.5. The first-order valence-corrected chi connectivity index (χ1v) is 11.1. The van der Waals surface area contributed by atoms with Gasteiger partial charge in [-0.25, -0.2) is 4.39 Å².